The topological polar surface area (TPSA) is 59.1 Å². The lowest BCUT2D eigenvalue weighted by atomic mass is 9.39. The van der Waals surface area contributed by atoms with E-state index >= 15 is 0 Å². The monoisotopic (exact) mass is 363 g/mol. The molecule has 0 amide bonds. The van der Waals surface area contributed by atoms with Gasteiger partial charge in [0.15, 0.2) is 0 Å². The first-order valence-electron chi connectivity index (χ1n) is 10.9. The molecule has 4 aliphatic carbocycles. The van der Waals surface area contributed by atoms with Crippen molar-refractivity contribution in [3.8, 4) is 0 Å². The number of aliphatic hydroxyl groups is 1. The minimum atomic E-state index is -1.48. The molecule has 9 atom stereocenters. The van der Waals surface area contributed by atoms with Crippen molar-refractivity contribution in [2.75, 3.05) is 0 Å². The Labute approximate surface area is 158 Å². The SMILES string of the molecule is [2H][C@@]1(O)C[C@@H]2[C@]3(CCC4C(C)(C)CC[C@H](OC(C)=O)[C@]42C)C[C@@]1(C)[C@H]1O[C@H]13. The fraction of sp³-hybridized carbons (Fsp3) is 0.955. The van der Waals surface area contributed by atoms with Crippen LogP contribution >= 0.6 is 0 Å². The highest BCUT2D eigenvalue weighted by molar-refractivity contribution is 5.66. The van der Waals surface area contributed by atoms with E-state index in [1.165, 1.54) is 6.92 Å². The molecule has 4 heteroatoms. The number of hydrogen-bond acceptors (Lipinski definition) is 4. The molecule has 1 saturated heterocycles. The van der Waals surface area contributed by atoms with Crippen molar-refractivity contribution in [1.82, 2.24) is 0 Å². The van der Waals surface area contributed by atoms with E-state index in [-0.39, 0.29) is 46.4 Å². The van der Waals surface area contributed by atoms with Gasteiger partial charge in [-0.25, -0.2) is 0 Å². The summed E-state index contributed by atoms with van der Waals surface area (Å²) in [7, 11) is 0. The summed E-state index contributed by atoms with van der Waals surface area (Å²) in [5.74, 6) is 0.366. The van der Waals surface area contributed by atoms with Gasteiger partial charge in [-0.3, -0.25) is 4.79 Å². The fourth-order valence-electron chi connectivity index (χ4n) is 8.40. The van der Waals surface area contributed by atoms with Crippen LogP contribution in [-0.2, 0) is 14.3 Å². The Morgan fingerprint density at radius 3 is 2.58 bits per heavy atom. The predicted molar refractivity (Wildman–Crippen MR) is 97.3 cm³/mol. The van der Waals surface area contributed by atoms with E-state index in [1.54, 1.807) is 0 Å². The Hall–Kier alpha value is -0.610. The Bertz CT molecular complexity index is 704. The highest BCUT2D eigenvalue weighted by Crippen LogP contribution is 2.78. The normalized spacial score (nSPS) is 62.4. The molecule has 1 N–H and O–H groups in total. The fourth-order valence-corrected chi connectivity index (χ4v) is 8.40. The molecule has 26 heavy (non-hydrogen) atoms. The first-order chi connectivity index (χ1) is 12.4. The number of fused-ring (bicyclic) bond motifs is 5. The molecule has 5 fully saturated rings. The van der Waals surface area contributed by atoms with E-state index in [9.17, 15) is 9.90 Å². The summed E-state index contributed by atoms with van der Waals surface area (Å²) < 4.78 is 20.9. The number of epoxide rings is 1. The van der Waals surface area contributed by atoms with Gasteiger partial charge in [0.1, 0.15) is 6.10 Å². The summed E-state index contributed by atoms with van der Waals surface area (Å²) in [5.41, 5.74) is -0.485. The zero-order valence-corrected chi connectivity index (χ0v) is 16.8. The van der Waals surface area contributed by atoms with Crippen molar-refractivity contribution in [3.63, 3.8) is 0 Å². The van der Waals surface area contributed by atoms with Gasteiger partial charge in [0, 0.05) is 23.2 Å². The van der Waals surface area contributed by atoms with E-state index in [2.05, 4.69) is 27.7 Å². The summed E-state index contributed by atoms with van der Waals surface area (Å²) in [6, 6.07) is 0. The van der Waals surface area contributed by atoms with Gasteiger partial charge in [0.05, 0.1) is 19.7 Å². The second-order valence-electron chi connectivity index (χ2n) is 11.1. The highest BCUT2D eigenvalue weighted by atomic mass is 16.6. The van der Waals surface area contributed by atoms with Crippen LogP contribution in [0.2, 0.25) is 0 Å². The second-order valence-corrected chi connectivity index (χ2v) is 11.1. The molecule has 1 aliphatic heterocycles. The Morgan fingerprint density at radius 2 is 1.88 bits per heavy atom. The largest absolute Gasteiger partial charge is 0.462 e. The molecular weight excluding hydrogens is 328 g/mol. The average Bonchev–Trinajstić information content (AvgIpc) is 3.30. The number of hydrogen-bond donors (Lipinski definition) is 1. The van der Waals surface area contributed by atoms with Crippen LogP contribution in [0.15, 0.2) is 0 Å². The maximum atomic E-state index is 11.9. The molecule has 2 bridgehead atoms. The first-order valence-corrected chi connectivity index (χ1v) is 10.4. The van der Waals surface area contributed by atoms with Gasteiger partial charge >= 0.3 is 5.97 Å². The first kappa shape index (κ1) is 16.4. The molecule has 1 unspecified atom stereocenters. The van der Waals surface area contributed by atoms with Gasteiger partial charge in [-0.05, 0) is 55.8 Å². The van der Waals surface area contributed by atoms with Crippen LogP contribution in [0.4, 0.5) is 0 Å². The molecule has 0 aromatic heterocycles. The van der Waals surface area contributed by atoms with E-state index in [4.69, 9.17) is 10.8 Å². The molecule has 0 aromatic rings. The van der Waals surface area contributed by atoms with Crippen molar-refractivity contribution in [1.29, 1.82) is 0 Å². The van der Waals surface area contributed by atoms with Gasteiger partial charge in [-0.1, -0.05) is 27.7 Å². The van der Waals surface area contributed by atoms with Crippen molar-refractivity contribution in [2.24, 2.45) is 33.5 Å². The smallest absolute Gasteiger partial charge is 0.302 e. The van der Waals surface area contributed by atoms with Crippen molar-refractivity contribution in [3.05, 3.63) is 0 Å². The Morgan fingerprint density at radius 1 is 1.15 bits per heavy atom. The van der Waals surface area contributed by atoms with E-state index in [1.807, 2.05) is 0 Å². The molecule has 1 spiro atoms. The van der Waals surface area contributed by atoms with Gasteiger partial charge in [0.25, 0.3) is 0 Å². The number of rotatable bonds is 1. The van der Waals surface area contributed by atoms with Crippen molar-refractivity contribution < 1.29 is 20.7 Å². The summed E-state index contributed by atoms with van der Waals surface area (Å²) in [4.78, 5) is 11.9. The van der Waals surface area contributed by atoms with Gasteiger partial charge in [0.2, 0.25) is 0 Å². The second kappa shape index (κ2) is 4.86. The van der Waals surface area contributed by atoms with Crippen molar-refractivity contribution >= 4 is 5.97 Å². The van der Waals surface area contributed by atoms with Gasteiger partial charge < -0.3 is 14.6 Å². The highest BCUT2D eigenvalue weighted by Gasteiger charge is 2.80. The maximum Gasteiger partial charge on any atom is 0.302 e. The molecule has 5 aliphatic rings. The number of carbonyl (C=O) groups excluding carboxylic acids is 1. The molecule has 5 rings (SSSR count). The minimum absolute atomic E-state index is 0.0222. The molecular formula is C22H34O4. The zero-order valence-electron chi connectivity index (χ0n) is 17.8. The van der Waals surface area contributed by atoms with E-state index < -0.39 is 11.5 Å². The van der Waals surface area contributed by atoms with Crippen LogP contribution in [-0.4, -0.2) is 35.5 Å². The Balaban J connectivity index is 1.64. The van der Waals surface area contributed by atoms with E-state index in [0.717, 1.165) is 32.1 Å². The van der Waals surface area contributed by atoms with Crippen LogP contribution in [0, 0.1) is 33.5 Å². The van der Waals surface area contributed by atoms with Crippen LogP contribution in [0.3, 0.4) is 0 Å². The summed E-state index contributed by atoms with van der Waals surface area (Å²) in [6.45, 7) is 10.6. The number of carbonyl (C=O) groups is 1. The number of esters is 1. The van der Waals surface area contributed by atoms with Crippen LogP contribution in [0.25, 0.3) is 0 Å². The third kappa shape index (κ3) is 1.86. The van der Waals surface area contributed by atoms with Gasteiger partial charge in [-0.2, -0.15) is 0 Å². The lowest BCUT2D eigenvalue weighted by molar-refractivity contribution is -0.238. The minimum Gasteiger partial charge on any atom is -0.462 e. The zero-order chi connectivity index (χ0) is 19.6. The Kier molecular flexibility index (Phi) is 3.06. The lowest BCUT2D eigenvalue weighted by Crippen LogP contribution is -2.65. The van der Waals surface area contributed by atoms with Crippen LogP contribution in [0.1, 0.15) is 74.5 Å². The summed E-state index contributed by atoms with van der Waals surface area (Å²) in [5, 5.41) is 11.2. The molecule has 0 aromatic carbocycles. The molecule has 0 radical (unpaired) electrons. The average molecular weight is 364 g/mol. The predicted octanol–water partition coefficient (Wildman–Crippen LogP) is 3.70. The van der Waals surface area contributed by atoms with Crippen LogP contribution < -0.4 is 0 Å². The standard InChI is InChI=1S/C22H34O4/c1-12(23)25-16-7-8-19(2,3)13-6-9-22-11-20(4,17-18(22)26-17)15(24)10-14(22)21(13,16)5/h13-18,24H,6-11H2,1-5H3/t13?,14-,15+,16-,17-,18+,20+,21+,22-/m0/s1/i15D. The van der Waals surface area contributed by atoms with Crippen LogP contribution in [0.5, 0.6) is 0 Å². The van der Waals surface area contributed by atoms with Crippen molar-refractivity contribution in [2.45, 2.75) is 97.5 Å². The third-order valence-corrected chi connectivity index (χ3v) is 9.53. The maximum absolute atomic E-state index is 11.9. The molecule has 1 heterocycles. The third-order valence-electron chi connectivity index (χ3n) is 9.53. The molecule has 4 saturated carbocycles. The van der Waals surface area contributed by atoms with E-state index in [0.29, 0.717) is 12.3 Å². The molecule has 146 valence electrons. The lowest BCUT2D eigenvalue weighted by Gasteiger charge is -2.66. The quantitative estimate of drug-likeness (QED) is 0.570. The molecule has 4 nitrogen and oxygen atoms in total. The number of ether oxygens (including phenoxy) is 2. The van der Waals surface area contributed by atoms with Gasteiger partial charge in [-0.15, -0.1) is 0 Å². The summed E-state index contributed by atoms with van der Waals surface area (Å²) >= 11 is 0. The summed E-state index contributed by atoms with van der Waals surface area (Å²) in [6.07, 6.45) is 4.08.